The molecule has 1 aromatic heterocycles. The van der Waals surface area contributed by atoms with Gasteiger partial charge in [0.05, 0.1) is 6.54 Å². The number of thiophene rings is 1. The minimum atomic E-state index is 0.158. The zero-order chi connectivity index (χ0) is 14.5. The van der Waals surface area contributed by atoms with E-state index in [0.717, 1.165) is 19.5 Å². The maximum atomic E-state index is 12.3. The van der Waals surface area contributed by atoms with Gasteiger partial charge in [0, 0.05) is 30.6 Å². The van der Waals surface area contributed by atoms with Crippen molar-refractivity contribution in [2.24, 2.45) is 5.92 Å². The Hall–Kier alpha value is -0.910. The quantitative estimate of drug-likeness (QED) is 0.839. The number of aliphatic hydroxyl groups is 1. The molecule has 4 nitrogen and oxygen atoms in total. The average Bonchev–Trinajstić information content (AvgIpc) is 2.89. The molecule has 0 saturated carbocycles. The van der Waals surface area contributed by atoms with Crippen molar-refractivity contribution >= 4 is 17.2 Å². The summed E-state index contributed by atoms with van der Waals surface area (Å²) in [7, 11) is 0. The summed E-state index contributed by atoms with van der Waals surface area (Å²) in [5.41, 5.74) is 1.30. The lowest BCUT2D eigenvalue weighted by Crippen LogP contribution is -2.45. The fraction of sp³-hybridized carbons (Fsp3) is 0.667. The Morgan fingerprint density at radius 2 is 2.35 bits per heavy atom. The Balaban J connectivity index is 1.83. The van der Waals surface area contributed by atoms with E-state index in [4.69, 9.17) is 5.11 Å². The maximum Gasteiger partial charge on any atom is 0.236 e. The lowest BCUT2D eigenvalue weighted by atomic mass is 10.0. The first-order chi connectivity index (χ1) is 9.61. The van der Waals surface area contributed by atoms with Crippen molar-refractivity contribution in [1.82, 2.24) is 10.2 Å². The van der Waals surface area contributed by atoms with Gasteiger partial charge in [-0.25, -0.2) is 0 Å². The maximum absolute atomic E-state index is 12.3. The molecule has 0 fully saturated rings. The monoisotopic (exact) mass is 296 g/mol. The molecule has 2 N–H and O–H groups in total. The molecule has 5 heteroatoms. The van der Waals surface area contributed by atoms with Crippen LogP contribution in [-0.2, 0) is 17.8 Å². The summed E-state index contributed by atoms with van der Waals surface area (Å²) in [6.07, 6.45) is 1.67. The Morgan fingerprint density at radius 1 is 1.55 bits per heavy atom. The topological polar surface area (TPSA) is 52.6 Å². The van der Waals surface area contributed by atoms with Crippen LogP contribution in [0.15, 0.2) is 11.4 Å². The molecular formula is C15H24N2O2S. The molecular weight excluding hydrogens is 272 g/mol. The van der Waals surface area contributed by atoms with Crippen LogP contribution in [0, 0.1) is 5.92 Å². The highest BCUT2D eigenvalue weighted by atomic mass is 32.1. The number of carbonyl (C=O) groups excluding carboxylic acids is 1. The number of fused-ring (bicyclic) bond motifs is 1. The van der Waals surface area contributed by atoms with Crippen LogP contribution in [0.2, 0.25) is 0 Å². The average molecular weight is 296 g/mol. The molecule has 0 aliphatic carbocycles. The van der Waals surface area contributed by atoms with Gasteiger partial charge in [-0.3, -0.25) is 4.79 Å². The van der Waals surface area contributed by atoms with Gasteiger partial charge in [0.1, 0.15) is 0 Å². The van der Waals surface area contributed by atoms with E-state index in [1.54, 1.807) is 11.3 Å². The Labute approximate surface area is 124 Å². The van der Waals surface area contributed by atoms with Crippen molar-refractivity contribution in [1.29, 1.82) is 0 Å². The third-order valence-corrected chi connectivity index (χ3v) is 4.94. The summed E-state index contributed by atoms with van der Waals surface area (Å²) < 4.78 is 0. The molecule has 20 heavy (non-hydrogen) atoms. The van der Waals surface area contributed by atoms with Gasteiger partial charge in [-0.05, 0) is 35.8 Å². The second-order valence-corrected chi connectivity index (χ2v) is 6.68. The minimum Gasteiger partial charge on any atom is -0.396 e. The van der Waals surface area contributed by atoms with Crippen molar-refractivity contribution in [2.45, 2.75) is 39.3 Å². The van der Waals surface area contributed by atoms with Gasteiger partial charge < -0.3 is 15.3 Å². The minimum absolute atomic E-state index is 0.158. The Bertz CT molecular complexity index is 445. The predicted molar refractivity (Wildman–Crippen MR) is 81.8 cm³/mol. The van der Waals surface area contributed by atoms with E-state index in [0.29, 0.717) is 18.9 Å². The fourth-order valence-electron chi connectivity index (χ4n) is 2.60. The molecule has 0 radical (unpaired) electrons. The van der Waals surface area contributed by atoms with Crippen LogP contribution in [0.3, 0.4) is 0 Å². The van der Waals surface area contributed by atoms with Crippen LogP contribution in [0.5, 0.6) is 0 Å². The second-order valence-electron chi connectivity index (χ2n) is 5.68. The number of amides is 1. The summed E-state index contributed by atoms with van der Waals surface area (Å²) in [5.74, 6) is 0.574. The van der Waals surface area contributed by atoms with Gasteiger partial charge in [0.25, 0.3) is 0 Å². The smallest absolute Gasteiger partial charge is 0.236 e. The predicted octanol–water partition coefficient (Wildman–Crippen LogP) is 1.63. The largest absolute Gasteiger partial charge is 0.396 e. The van der Waals surface area contributed by atoms with Crippen LogP contribution < -0.4 is 5.32 Å². The number of nitrogens with one attached hydrogen (secondary N) is 1. The normalized spacial score (nSPS) is 16.3. The first-order valence-corrected chi connectivity index (χ1v) is 8.17. The van der Waals surface area contributed by atoms with Gasteiger partial charge in [0.15, 0.2) is 0 Å². The Kier molecular flexibility index (Phi) is 5.57. The van der Waals surface area contributed by atoms with Crippen LogP contribution in [0.4, 0.5) is 0 Å². The molecule has 0 bridgehead atoms. The molecule has 1 aromatic rings. The number of carbonyl (C=O) groups is 1. The van der Waals surface area contributed by atoms with Gasteiger partial charge in [-0.1, -0.05) is 13.8 Å². The molecule has 2 heterocycles. The van der Waals surface area contributed by atoms with Gasteiger partial charge >= 0.3 is 0 Å². The van der Waals surface area contributed by atoms with Crippen molar-refractivity contribution in [3.63, 3.8) is 0 Å². The highest BCUT2D eigenvalue weighted by Gasteiger charge is 2.22. The first-order valence-electron chi connectivity index (χ1n) is 7.29. The summed E-state index contributed by atoms with van der Waals surface area (Å²) in [6, 6.07) is 2.32. The standard InChI is InChI=1S/C15H24N2O2S/c1-11(2)13(4-7-18)16-9-15(19)17-6-3-14-12(10-17)5-8-20-14/h5,8,11,13,16,18H,3-4,6-7,9-10H2,1-2H3. The van der Waals surface area contributed by atoms with Crippen molar-refractivity contribution in [3.8, 4) is 0 Å². The van der Waals surface area contributed by atoms with Crippen LogP contribution in [0.25, 0.3) is 0 Å². The number of rotatable bonds is 6. The van der Waals surface area contributed by atoms with Gasteiger partial charge in [-0.2, -0.15) is 0 Å². The fourth-order valence-corrected chi connectivity index (χ4v) is 3.49. The number of hydrogen-bond acceptors (Lipinski definition) is 4. The number of nitrogens with zero attached hydrogens (tertiary/aromatic N) is 1. The molecule has 1 amide bonds. The summed E-state index contributed by atoms with van der Waals surface area (Å²) >= 11 is 1.79. The van der Waals surface area contributed by atoms with E-state index in [1.807, 2.05) is 4.90 Å². The van der Waals surface area contributed by atoms with E-state index in [-0.39, 0.29) is 18.6 Å². The van der Waals surface area contributed by atoms with Crippen molar-refractivity contribution in [2.75, 3.05) is 19.7 Å². The molecule has 0 aromatic carbocycles. The first kappa shape index (κ1) is 15.5. The van der Waals surface area contributed by atoms with E-state index in [2.05, 4.69) is 30.6 Å². The third kappa shape index (κ3) is 3.81. The van der Waals surface area contributed by atoms with E-state index < -0.39 is 0 Å². The summed E-state index contributed by atoms with van der Waals surface area (Å²) in [6.45, 7) is 6.30. The molecule has 2 rings (SSSR count). The lowest BCUT2D eigenvalue weighted by Gasteiger charge is -2.28. The van der Waals surface area contributed by atoms with Crippen molar-refractivity contribution < 1.29 is 9.90 Å². The van der Waals surface area contributed by atoms with Crippen LogP contribution >= 0.6 is 11.3 Å². The summed E-state index contributed by atoms with van der Waals surface area (Å²) in [5, 5.41) is 14.4. The van der Waals surface area contributed by atoms with E-state index in [9.17, 15) is 4.79 Å². The molecule has 112 valence electrons. The number of aliphatic hydroxyl groups excluding tert-OH is 1. The van der Waals surface area contributed by atoms with E-state index in [1.165, 1.54) is 10.4 Å². The highest BCUT2D eigenvalue weighted by Crippen LogP contribution is 2.23. The molecule has 0 saturated heterocycles. The second kappa shape index (κ2) is 7.20. The Morgan fingerprint density at radius 3 is 3.05 bits per heavy atom. The lowest BCUT2D eigenvalue weighted by molar-refractivity contribution is -0.131. The van der Waals surface area contributed by atoms with Crippen molar-refractivity contribution in [3.05, 3.63) is 21.9 Å². The molecule has 1 unspecified atom stereocenters. The zero-order valence-corrected chi connectivity index (χ0v) is 13.1. The molecule has 1 aliphatic heterocycles. The van der Waals surface area contributed by atoms with E-state index >= 15 is 0 Å². The van der Waals surface area contributed by atoms with Crippen LogP contribution in [-0.4, -0.2) is 41.7 Å². The highest BCUT2D eigenvalue weighted by molar-refractivity contribution is 7.10. The molecule has 1 atom stereocenters. The summed E-state index contributed by atoms with van der Waals surface area (Å²) in [4.78, 5) is 15.6. The third-order valence-electron chi connectivity index (χ3n) is 3.92. The van der Waals surface area contributed by atoms with Gasteiger partial charge in [-0.15, -0.1) is 11.3 Å². The molecule has 1 aliphatic rings. The number of hydrogen-bond donors (Lipinski definition) is 2. The van der Waals surface area contributed by atoms with Crippen LogP contribution in [0.1, 0.15) is 30.7 Å². The zero-order valence-electron chi connectivity index (χ0n) is 12.3. The molecule has 0 spiro atoms. The SMILES string of the molecule is CC(C)C(CCO)NCC(=O)N1CCc2sccc2C1. The van der Waals surface area contributed by atoms with Gasteiger partial charge in [0.2, 0.25) is 5.91 Å².